The first-order valence-corrected chi connectivity index (χ1v) is 5.37. The third kappa shape index (κ3) is 4.18. The third-order valence-corrected chi connectivity index (χ3v) is 2.03. The number of aromatic amines is 1. The van der Waals surface area contributed by atoms with Crippen molar-refractivity contribution >= 4 is 23.1 Å². The van der Waals surface area contributed by atoms with Crippen molar-refractivity contribution in [3.63, 3.8) is 0 Å². The van der Waals surface area contributed by atoms with Gasteiger partial charge in [0.2, 0.25) is 0 Å². The maximum Gasteiger partial charge on any atom is 0.293 e. The van der Waals surface area contributed by atoms with Gasteiger partial charge in [0.1, 0.15) is 5.60 Å². The van der Waals surface area contributed by atoms with Gasteiger partial charge in [0.05, 0.1) is 0 Å². The highest BCUT2D eigenvalue weighted by molar-refractivity contribution is 5.90. The summed E-state index contributed by atoms with van der Waals surface area (Å²) in [5, 5.41) is 1.10. The average molecular weight is 234 g/mol. The quantitative estimate of drug-likeness (QED) is 0.589. The van der Waals surface area contributed by atoms with Gasteiger partial charge in [-0.05, 0) is 39.0 Å². The van der Waals surface area contributed by atoms with E-state index in [1.807, 2.05) is 51.2 Å². The van der Waals surface area contributed by atoms with Crippen LogP contribution in [0.15, 0.2) is 30.5 Å². The number of H-pyrrole nitrogens is 1. The first kappa shape index (κ1) is 13.1. The van der Waals surface area contributed by atoms with E-state index in [-0.39, 0.29) is 5.60 Å². The molecule has 0 aliphatic heterocycles. The minimum Gasteiger partial charge on any atom is -0.462 e. The number of hydrogen-bond donors (Lipinski definition) is 2. The number of aromatic nitrogens is 1. The van der Waals surface area contributed by atoms with Crippen LogP contribution in [0.4, 0.5) is 5.69 Å². The van der Waals surface area contributed by atoms with E-state index in [4.69, 9.17) is 5.73 Å². The highest BCUT2D eigenvalue weighted by Crippen LogP contribution is 2.18. The molecule has 0 fully saturated rings. The summed E-state index contributed by atoms with van der Waals surface area (Å²) in [5.41, 5.74) is 7.29. The summed E-state index contributed by atoms with van der Waals surface area (Å²) in [5.74, 6) is 0. The minimum atomic E-state index is -0.318. The predicted molar refractivity (Wildman–Crippen MR) is 69.6 cm³/mol. The van der Waals surface area contributed by atoms with Crippen LogP contribution in [0, 0.1) is 0 Å². The molecule has 0 atom stereocenters. The Labute approximate surface area is 101 Å². The lowest BCUT2D eigenvalue weighted by Crippen LogP contribution is -2.17. The molecular weight excluding hydrogens is 216 g/mol. The second kappa shape index (κ2) is 5.39. The molecule has 0 unspecified atom stereocenters. The van der Waals surface area contributed by atoms with E-state index in [9.17, 15) is 4.79 Å². The third-order valence-electron chi connectivity index (χ3n) is 2.03. The van der Waals surface area contributed by atoms with Gasteiger partial charge in [-0.3, -0.25) is 4.79 Å². The van der Waals surface area contributed by atoms with Gasteiger partial charge in [0.15, 0.2) is 0 Å². The second-order valence-electron chi connectivity index (χ2n) is 4.61. The van der Waals surface area contributed by atoms with E-state index in [0.29, 0.717) is 6.47 Å². The molecule has 0 bridgehead atoms. The van der Waals surface area contributed by atoms with E-state index in [1.54, 1.807) is 0 Å². The van der Waals surface area contributed by atoms with Gasteiger partial charge in [0.25, 0.3) is 6.47 Å². The predicted octanol–water partition coefficient (Wildman–Crippen LogP) is 2.71. The molecule has 0 amide bonds. The van der Waals surface area contributed by atoms with Crippen molar-refractivity contribution in [2.45, 2.75) is 26.4 Å². The molecule has 92 valence electrons. The topological polar surface area (TPSA) is 68.1 Å². The van der Waals surface area contributed by atoms with Gasteiger partial charge in [-0.1, -0.05) is 6.07 Å². The van der Waals surface area contributed by atoms with Gasteiger partial charge in [-0.15, -0.1) is 0 Å². The largest absolute Gasteiger partial charge is 0.462 e. The maximum absolute atomic E-state index is 9.60. The zero-order chi connectivity index (χ0) is 12.9. The molecule has 0 saturated carbocycles. The first-order chi connectivity index (χ1) is 7.94. The molecule has 3 N–H and O–H groups in total. The molecular formula is C13H18N2O2. The summed E-state index contributed by atoms with van der Waals surface area (Å²) >= 11 is 0. The van der Waals surface area contributed by atoms with E-state index < -0.39 is 0 Å². The van der Waals surface area contributed by atoms with Crippen molar-refractivity contribution in [2.75, 3.05) is 5.73 Å². The Morgan fingerprint density at radius 3 is 2.47 bits per heavy atom. The molecule has 0 aliphatic carbocycles. The number of hydrogen-bond acceptors (Lipinski definition) is 3. The number of ether oxygens (including phenoxy) is 1. The van der Waals surface area contributed by atoms with Gasteiger partial charge < -0.3 is 15.5 Å². The number of nitrogen functional groups attached to an aromatic ring is 1. The summed E-state index contributed by atoms with van der Waals surface area (Å²) in [6.45, 7) is 5.92. The van der Waals surface area contributed by atoms with Crippen molar-refractivity contribution in [1.29, 1.82) is 0 Å². The number of nitrogens with two attached hydrogens (primary N) is 1. The van der Waals surface area contributed by atoms with Crippen molar-refractivity contribution in [2.24, 2.45) is 0 Å². The van der Waals surface area contributed by atoms with Crippen LogP contribution in [0.2, 0.25) is 0 Å². The van der Waals surface area contributed by atoms with Crippen LogP contribution in [0.5, 0.6) is 0 Å². The van der Waals surface area contributed by atoms with Crippen LogP contribution in [-0.4, -0.2) is 17.1 Å². The van der Waals surface area contributed by atoms with Crippen LogP contribution in [0.25, 0.3) is 10.9 Å². The molecule has 1 aromatic carbocycles. The van der Waals surface area contributed by atoms with E-state index >= 15 is 0 Å². The number of nitrogens with one attached hydrogen (secondary N) is 1. The standard InChI is InChI=1S/C8H8N2.C5H10O2/c9-7-2-1-3-8-6(7)4-5-10-8;1-5(2,3)7-4-6/h1-5,10H,9H2;4H,1-3H3. The van der Waals surface area contributed by atoms with Crippen LogP contribution >= 0.6 is 0 Å². The van der Waals surface area contributed by atoms with Gasteiger partial charge in [-0.25, -0.2) is 0 Å². The number of carbonyl (C=O) groups excluding carboxylic acids is 1. The zero-order valence-electron chi connectivity index (χ0n) is 10.4. The molecule has 1 aromatic heterocycles. The molecule has 2 aromatic rings. The van der Waals surface area contributed by atoms with Crippen LogP contribution in [-0.2, 0) is 9.53 Å². The summed E-state index contributed by atoms with van der Waals surface area (Å²) in [6, 6.07) is 7.82. The normalized spacial score (nSPS) is 10.5. The van der Waals surface area contributed by atoms with Crippen LogP contribution in [0.1, 0.15) is 20.8 Å². The summed E-state index contributed by atoms with van der Waals surface area (Å²) in [7, 11) is 0. The number of benzene rings is 1. The fraction of sp³-hybridized carbons (Fsp3) is 0.308. The molecule has 2 rings (SSSR count). The molecule has 17 heavy (non-hydrogen) atoms. The van der Waals surface area contributed by atoms with E-state index in [2.05, 4.69) is 9.72 Å². The molecule has 0 saturated heterocycles. The maximum atomic E-state index is 9.60. The monoisotopic (exact) mass is 234 g/mol. The molecule has 4 nitrogen and oxygen atoms in total. The fourth-order valence-corrected chi connectivity index (χ4v) is 1.25. The average Bonchev–Trinajstić information content (AvgIpc) is 2.66. The van der Waals surface area contributed by atoms with Crippen molar-refractivity contribution in [1.82, 2.24) is 4.98 Å². The SMILES string of the molecule is CC(C)(C)OC=O.Nc1cccc2[nH]ccc12. The van der Waals surface area contributed by atoms with Crippen molar-refractivity contribution in [3.05, 3.63) is 30.5 Å². The second-order valence-corrected chi connectivity index (χ2v) is 4.61. The lowest BCUT2D eigenvalue weighted by Gasteiger charge is -2.14. The Hall–Kier alpha value is -1.97. The summed E-state index contributed by atoms with van der Waals surface area (Å²) in [6.07, 6.45) is 1.89. The minimum absolute atomic E-state index is 0.318. The number of rotatable bonds is 1. The number of anilines is 1. The first-order valence-electron chi connectivity index (χ1n) is 5.37. The van der Waals surface area contributed by atoms with Gasteiger partial charge in [0, 0.05) is 22.8 Å². The van der Waals surface area contributed by atoms with Crippen molar-refractivity contribution < 1.29 is 9.53 Å². The van der Waals surface area contributed by atoms with Crippen LogP contribution in [0.3, 0.4) is 0 Å². The lowest BCUT2D eigenvalue weighted by atomic mass is 10.2. The molecule has 0 spiro atoms. The Balaban J connectivity index is 0.000000185. The Morgan fingerprint density at radius 2 is 2.00 bits per heavy atom. The summed E-state index contributed by atoms with van der Waals surface area (Å²) < 4.78 is 4.55. The molecule has 0 aliphatic rings. The fourth-order valence-electron chi connectivity index (χ4n) is 1.25. The molecule has 0 radical (unpaired) electrons. The lowest BCUT2D eigenvalue weighted by molar-refractivity contribution is -0.138. The Kier molecular flexibility index (Phi) is 4.15. The highest BCUT2D eigenvalue weighted by atomic mass is 16.5. The Bertz CT molecular complexity index is 483. The Morgan fingerprint density at radius 1 is 1.29 bits per heavy atom. The van der Waals surface area contributed by atoms with Gasteiger partial charge >= 0.3 is 0 Å². The van der Waals surface area contributed by atoms with Gasteiger partial charge in [-0.2, -0.15) is 0 Å². The van der Waals surface area contributed by atoms with Crippen LogP contribution < -0.4 is 5.73 Å². The van der Waals surface area contributed by atoms with E-state index in [1.165, 1.54) is 0 Å². The summed E-state index contributed by atoms with van der Waals surface area (Å²) in [4.78, 5) is 12.7. The number of fused-ring (bicyclic) bond motifs is 1. The highest BCUT2D eigenvalue weighted by Gasteiger charge is 2.07. The molecule has 4 heteroatoms. The number of carbonyl (C=O) groups is 1. The molecule has 1 heterocycles. The zero-order valence-corrected chi connectivity index (χ0v) is 10.4. The smallest absolute Gasteiger partial charge is 0.293 e. The van der Waals surface area contributed by atoms with Crippen molar-refractivity contribution in [3.8, 4) is 0 Å². The van der Waals surface area contributed by atoms with E-state index in [0.717, 1.165) is 16.6 Å².